The van der Waals surface area contributed by atoms with Gasteiger partial charge in [0.25, 0.3) is 0 Å². The van der Waals surface area contributed by atoms with Crippen molar-refractivity contribution in [1.82, 2.24) is 14.8 Å². The standard InChI is InChI=1S/C15H21ClN4/c1-5-20-13(14(16)11(4)19-20)7-12(17)15-10(3)6-9(2)8-18-15/h6,8,12H,5,7,17H2,1-4H3. The van der Waals surface area contributed by atoms with Gasteiger partial charge in [0.15, 0.2) is 0 Å². The van der Waals surface area contributed by atoms with Crippen LogP contribution in [0.1, 0.15) is 41.2 Å². The fraction of sp³-hybridized carbons (Fsp3) is 0.467. The number of halogens is 1. The van der Waals surface area contributed by atoms with Gasteiger partial charge in [0, 0.05) is 19.2 Å². The Labute approximate surface area is 125 Å². The van der Waals surface area contributed by atoms with Crippen LogP contribution in [0.5, 0.6) is 0 Å². The molecule has 0 aliphatic rings. The molecule has 2 rings (SSSR count). The summed E-state index contributed by atoms with van der Waals surface area (Å²) in [5.41, 5.74) is 11.3. The number of hydrogen-bond donors (Lipinski definition) is 1. The molecule has 1 unspecified atom stereocenters. The molecule has 0 aromatic carbocycles. The van der Waals surface area contributed by atoms with Crippen molar-refractivity contribution in [3.8, 4) is 0 Å². The Hall–Kier alpha value is -1.39. The Morgan fingerprint density at radius 2 is 2.05 bits per heavy atom. The zero-order valence-corrected chi connectivity index (χ0v) is 13.2. The summed E-state index contributed by atoms with van der Waals surface area (Å²) in [7, 11) is 0. The smallest absolute Gasteiger partial charge is 0.0847 e. The van der Waals surface area contributed by atoms with Gasteiger partial charge in [-0.15, -0.1) is 0 Å². The van der Waals surface area contributed by atoms with E-state index in [1.54, 1.807) is 0 Å². The lowest BCUT2D eigenvalue weighted by atomic mass is 10.0. The molecule has 0 fully saturated rings. The molecule has 4 nitrogen and oxygen atoms in total. The molecule has 0 spiro atoms. The molecule has 2 heterocycles. The van der Waals surface area contributed by atoms with Crippen LogP contribution in [0, 0.1) is 20.8 Å². The third-order valence-electron chi connectivity index (χ3n) is 3.47. The van der Waals surface area contributed by atoms with Gasteiger partial charge in [-0.2, -0.15) is 5.10 Å². The Morgan fingerprint density at radius 3 is 2.65 bits per heavy atom. The largest absolute Gasteiger partial charge is 0.322 e. The Balaban J connectivity index is 2.30. The molecule has 0 saturated heterocycles. The van der Waals surface area contributed by atoms with Crippen LogP contribution in [-0.4, -0.2) is 14.8 Å². The summed E-state index contributed by atoms with van der Waals surface area (Å²) < 4.78 is 1.92. The van der Waals surface area contributed by atoms with E-state index in [0.717, 1.165) is 34.8 Å². The van der Waals surface area contributed by atoms with E-state index in [-0.39, 0.29) is 6.04 Å². The fourth-order valence-corrected chi connectivity index (χ4v) is 2.70. The number of hydrogen-bond acceptors (Lipinski definition) is 3. The summed E-state index contributed by atoms with van der Waals surface area (Å²) in [4.78, 5) is 4.47. The van der Waals surface area contributed by atoms with Crippen molar-refractivity contribution >= 4 is 11.6 Å². The maximum atomic E-state index is 6.33. The minimum absolute atomic E-state index is 0.172. The van der Waals surface area contributed by atoms with Crippen LogP contribution in [0.15, 0.2) is 12.3 Å². The summed E-state index contributed by atoms with van der Waals surface area (Å²) in [6.45, 7) is 8.82. The molecule has 108 valence electrons. The summed E-state index contributed by atoms with van der Waals surface area (Å²) in [6.07, 6.45) is 2.50. The Bertz CT molecular complexity index is 619. The number of nitrogens with two attached hydrogens (primary N) is 1. The quantitative estimate of drug-likeness (QED) is 0.942. The maximum absolute atomic E-state index is 6.33. The third kappa shape index (κ3) is 2.86. The molecular weight excluding hydrogens is 272 g/mol. The highest BCUT2D eigenvalue weighted by Crippen LogP contribution is 2.25. The normalized spacial score (nSPS) is 12.7. The van der Waals surface area contributed by atoms with Crippen LogP contribution in [-0.2, 0) is 13.0 Å². The molecule has 0 radical (unpaired) electrons. The molecule has 0 bridgehead atoms. The van der Waals surface area contributed by atoms with Crippen molar-refractivity contribution in [2.45, 2.75) is 46.7 Å². The lowest BCUT2D eigenvalue weighted by Crippen LogP contribution is -2.18. The third-order valence-corrected chi connectivity index (χ3v) is 3.96. The average Bonchev–Trinajstić information content (AvgIpc) is 2.66. The highest BCUT2D eigenvalue weighted by Gasteiger charge is 2.18. The summed E-state index contributed by atoms with van der Waals surface area (Å²) >= 11 is 6.33. The van der Waals surface area contributed by atoms with Crippen LogP contribution in [0.25, 0.3) is 0 Å². The molecule has 0 aliphatic carbocycles. The van der Waals surface area contributed by atoms with Crippen LogP contribution >= 0.6 is 11.6 Å². The molecule has 2 aromatic rings. The Morgan fingerprint density at radius 1 is 1.35 bits per heavy atom. The van der Waals surface area contributed by atoms with Crippen LogP contribution in [0.3, 0.4) is 0 Å². The van der Waals surface area contributed by atoms with Gasteiger partial charge in [0.1, 0.15) is 0 Å². The fourth-order valence-electron chi connectivity index (χ4n) is 2.48. The lowest BCUT2D eigenvalue weighted by Gasteiger charge is -2.15. The summed E-state index contributed by atoms with van der Waals surface area (Å²) in [5.74, 6) is 0. The number of pyridine rings is 1. The molecule has 2 aromatic heterocycles. The highest BCUT2D eigenvalue weighted by molar-refractivity contribution is 6.31. The average molecular weight is 293 g/mol. The number of aromatic nitrogens is 3. The minimum Gasteiger partial charge on any atom is -0.322 e. The number of aryl methyl sites for hydroxylation is 4. The highest BCUT2D eigenvalue weighted by atomic mass is 35.5. The van der Waals surface area contributed by atoms with Crippen molar-refractivity contribution in [2.24, 2.45) is 5.73 Å². The van der Waals surface area contributed by atoms with Gasteiger partial charge < -0.3 is 5.73 Å². The van der Waals surface area contributed by atoms with E-state index >= 15 is 0 Å². The molecule has 0 amide bonds. The molecule has 1 atom stereocenters. The maximum Gasteiger partial charge on any atom is 0.0847 e. The van der Waals surface area contributed by atoms with Gasteiger partial charge >= 0.3 is 0 Å². The molecule has 2 N–H and O–H groups in total. The molecule has 20 heavy (non-hydrogen) atoms. The van der Waals surface area contributed by atoms with E-state index in [1.165, 1.54) is 0 Å². The zero-order chi connectivity index (χ0) is 14.9. The van der Waals surface area contributed by atoms with Gasteiger partial charge in [-0.1, -0.05) is 17.7 Å². The zero-order valence-electron chi connectivity index (χ0n) is 12.4. The first-order valence-corrected chi connectivity index (χ1v) is 7.22. The predicted molar refractivity (Wildman–Crippen MR) is 82.0 cm³/mol. The van der Waals surface area contributed by atoms with Crippen molar-refractivity contribution in [2.75, 3.05) is 0 Å². The van der Waals surface area contributed by atoms with Crippen LogP contribution < -0.4 is 5.73 Å². The molecule has 0 saturated carbocycles. The first-order valence-electron chi connectivity index (χ1n) is 6.84. The van der Waals surface area contributed by atoms with Gasteiger partial charge in [-0.25, -0.2) is 0 Å². The Kier molecular flexibility index (Phi) is 4.45. The molecular formula is C15H21ClN4. The van der Waals surface area contributed by atoms with E-state index in [1.807, 2.05) is 38.6 Å². The second-order valence-corrected chi connectivity index (χ2v) is 5.57. The first kappa shape index (κ1) is 15.0. The first-order chi connectivity index (χ1) is 9.43. The van der Waals surface area contributed by atoms with Gasteiger partial charge in [-0.3, -0.25) is 9.67 Å². The summed E-state index contributed by atoms with van der Waals surface area (Å²) in [5, 5.41) is 5.14. The molecule has 5 heteroatoms. The van der Waals surface area contributed by atoms with Gasteiger partial charge in [-0.05, 0) is 38.8 Å². The van der Waals surface area contributed by atoms with E-state index < -0.39 is 0 Å². The van der Waals surface area contributed by atoms with E-state index in [9.17, 15) is 0 Å². The van der Waals surface area contributed by atoms with Crippen LogP contribution in [0.4, 0.5) is 0 Å². The molecule has 0 aliphatic heterocycles. The van der Waals surface area contributed by atoms with Crippen LogP contribution in [0.2, 0.25) is 5.02 Å². The van der Waals surface area contributed by atoms with Gasteiger partial charge in [0.05, 0.1) is 28.1 Å². The second kappa shape index (κ2) is 5.94. The topological polar surface area (TPSA) is 56.7 Å². The van der Waals surface area contributed by atoms with Gasteiger partial charge in [0.2, 0.25) is 0 Å². The van der Waals surface area contributed by atoms with E-state index in [4.69, 9.17) is 17.3 Å². The van der Waals surface area contributed by atoms with Crippen molar-refractivity contribution < 1.29 is 0 Å². The summed E-state index contributed by atoms with van der Waals surface area (Å²) in [6, 6.07) is 1.93. The van der Waals surface area contributed by atoms with E-state index in [2.05, 4.69) is 16.1 Å². The van der Waals surface area contributed by atoms with E-state index in [0.29, 0.717) is 11.4 Å². The van der Waals surface area contributed by atoms with Crippen molar-refractivity contribution in [3.05, 3.63) is 45.5 Å². The second-order valence-electron chi connectivity index (χ2n) is 5.19. The van der Waals surface area contributed by atoms with Crippen molar-refractivity contribution in [1.29, 1.82) is 0 Å². The SMILES string of the molecule is CCn1nc(C)c(Cl)c1CC(N)c1ncc(C)cc1C. The minimum atomic E-state index is -0.172. The number of rotatable bonds is 4. The van der Waals surface area contributed by atoms with Crippen molar-refractivity contribution in [3.63, 3.8) is 0 Å². The number of nitrogens with zero attached hydrogens (tertiary/aromatic N) is 3. The lowest BCUT2D eigenvalue weighted by molar-refractivity contribution is 0.581. The predicted octanol–water partition coefficient (Wildman–Crippen LogP) is 3.12. The monoisotopic (exact) mass is 292 g/mol.